The van der Waals surface area contributed by atoms with Gasteiger partial charge in [0.25, 0.3) is 0 Å². The molecule has 21 heavy (non-hydrogen) atoms. The Bertz CT molecular complexity index is 754. The molecule has 114 valence electrons. The number of carboxylic acids is 1. The molecular formula is C11H13ClN3O5P. The molecule has 0 aliphatic heterocycles. The number of carboxylic acid groups (broad SMARTS) is 1. The molecule has 0 saturated heterocycles. The van der Waals surface area contributed by atoms with Crippen molar-refractivity contribution in [3.63, 3.8) is 0 Å². The van der Waals surface area contributed by atoms with Crippen LogP contribution >= 0.6 is 19.2 Å². The van der Waals surface area contributed by atoms with E-state index in [0.717, 1.165) is 0 Å². The molecule has 0 unspecified atom stereocenters. The van der Waals surface area contributed by atoms with Crippen LogP contribution in [0.2, 0.25) is 5.02 Å². The minimum absolute atomic E-state index is 0.0288. The fourth-order valence-corrected chi connectivity index (χ4v) is 2.82. The van der Waals surface area contributed by atoms with Gasteiger partial charge in [0.1, 0.15) is 17.6 Å². The average molecular weight is 334 g/mol. The highest BCUT2D eigenvalue weighted by molar-refractivity contribution is 7.50. The monoisotopic (exact) mass is 333 g/mol. The van der Waals surface area contributed by atoms with Crippen LogP contribution < -0.4 is 5.73 Å². The van der Waals surface area contributed by atoms with Crippen LogP contribution in [0.25, 0.3) is 11.0 Å². The molecule has 0 aliphatic carbocycles. The summed E-state index contributed by atoms with van der Waals surface area (Å²) >= 11 is 5.89. The lowest BCUT2D eigenvalue weighted by molar-refractivity contribution is -0.137. The van der Waals surface area contributed by atoms with Crippen molar-refractivity contribution >= 4 is 41.9 Å². The van der Waals surface area contributed by atoms with Gasteiger partial charge in [0.2, 0.25) is 0 Å². The maximum absolute atomic E-state index is 11.3. The Balaban J connectivity index is 2.59. The van der Waals surface area contributed by atoms with Crippen LogP contribution in [0.3, 0.4) is 0 Å². The zero-order valence-electron chi connectivity index (χ0n) is 10.7. The van der Waals surface area contributed by atoms with E-state index in [-0.39, 0.29) is 29.4 Å². The number of nitrogens with two attached hydrogens (primary N) is 1. The molecule has 0 amide bonds. The maximum atomic E-state index is 11.3. The summed E-state index contributed by atoms with van der Waals surface area (Å²) in [5.41, 5.74) is 6.70. The highest BCUT2D eigenvalue weighted by Crippen LogP contribution is 2.39. The lowest BCUT2D eigenvalue weighted by Crippen LogP contribution is -2.07. The predicted molar refractivity (Wildman–Crippen MR) is 77.2 cm³/mol. The topological polar surface area (TPSA) is 139 Å². The van der Waals surface area contributed by atoms with Crippen LogP contribution in [0.5, 0.6) is 0 Å². The van der Waals surface area contributed by atoms with E-state index in [1.54, 1.807) is 6.07 Å². The van der Waals surface area contributed by atoms with Crippen molar-refractivity contribution in [2.75, 3.05) is 5.73 Å². The van der Waals surface area contributed by atoms with Gasteiger partial charge in [-0.05, 0) is 12.1 Å². The van der Waals surface area contributed by atoms with Crippen LogP contribution in [-0.2, 0) is 22.1 Å². The highest BCUT2D eigenvalue weighted by atomic mass is 35.5. The second-order valence-electron chi connectivity index (χ2n) is 4.48. The van der Waals surface area contributed by atoms with Gasteiger partial charge in [0, 0.05) is 6.42 Å². The van der Waals surface area contributed by atoms with E-state index in [4.69, 9.17) is 32.2 Å². The first-order valence-corrected chi connectivity index (χ1v) is 8.06. The van der Waals surface area contributed by atoms with Crippen molar-refractivity contribution in [3.8, 4) is 0 Å². The first-order valence-electron chi connectivity index (χ1n) is 5.88. The minimum atomic E-state index is -4.36. The Morgan fingerprint density at radius 2 is 2.10 bits per heavy atom. The van der Waals surface area contributed by atoms with E-state index in [1.165, 1.54) is 10.6 Å². The first-order chi connectivity index (χ1) is 9.69. The van der Waals surface area contributed by atoms with Gasteiger partial charge in [0.05, 0.1) is 22.6 Å². The third kappa shape index (κ3) is 3.54. The molecule has 10 heteroatoms. The minimum Gasteiger partial charge on any atom is -0.481 e. The van der Waals surface area contributed by atoms with Gasteiger partial charge in [0.15, 0.2) is 0 Å². The Hall–Kier alpha value is -1.60. The summed E-state index contributed by atoms with van der Waals surface area (Å²) in [5, 5.41) is 9.01. The number of nitrogens with zero attached hydrogens (tertiary/aromatic N) is 2. The third-order valence-corrected chi connectivity index (χ3v) is 3.85. The molecule has 1 aromatic carbocycles. The van der Waals surface area contributed by atoms with E-state index in [2.05, 4.69) is 4.98 Å². The Labute approximate surface area is 124 Å². The maximum Gasteiger partial charge on any atom is 0.345 e. The molecule has 1 heterocycles. The Morgan fingerprint density at radius 3 is 2.67 bits per heavy atom. The van der Waals surface area contributed by atoms with Crippen LogP contribution in [0.4, 0.5) is 5.69 Å². The number of halogens is 1. The number of nitrogen functional groups attached to an aromatic ring is 1. The zero-order valence-corrected chi connectivity index (χ0v) is 12.4. The number of anilines is 1. The first kappa shape index (κ1) is 15.8. The van der Waals surface area contributed by atoms with Gasteiger partial charge < -0.3 is 25.2 Å². The quantitative estimate of drug-likeness (QED) is 0.479. The molecule has 2 aromatic rings. The molecule has 2 rings (SSSR count). The number of imidazole rings is 1. The second-order valence-corrected chi connectivity index (χ2v) is 6.50. The SMILES string of the molecule is Nc1c(Cl)ccc2c1nc(CCC(=O)O)n2CP(=O)(O)O. The van der Waals surface area contributed by atoms with Crippen molar-refractivity contribution < 1.29 is 24.3 Å². The number of hydrogen-bond acceptors (Lipinski definition) is 4. The van der Waals surface area contributed by atoms with Gasteiger partial charge in [-0.3, -0.25) is 9.36 Å². The van der Waals surface area contributed by atoms with Crippen molar-refractivity contribution in [2.45, 2.75) is 19.1 Å². The lowest BCUT2D eigenvalue weighted by atomic mass is 10.3. The molecule has 0 atom stereocenters. The fraction of sp³-hybridized carbons (Fsp3) is 0.273. The summed E-state index contributed by atoms with van der Waals surface area (Å²) in [6.07, 6.45) is -0.779. The number of aryl methyl sites for hydroxylation is 1. The third-order valence-electron chi connectivity index (χ3n) is 2.87. The van der Waals surface area contributed by atoms with E-state index in [9.17, 15) is 9.36 Å². The summed E-state index contributed by atoms with van der Waals surface area (Å²) in [6, 6.07) is 3.04. The number of fused-ring (bicyclic) bond motifs is 1. The fourth-order valence-electron chi connectivity index (χ4n) is 1.99. The van der Waals surface area contributed by atoms with Gasteiger partial charge in [-0.25, -0.2) is 4.98 Å². The molecular weight excluding hydrogens is 321 g/mol. The van der Waals surface area contributed by atoms with Crippen LogP contribution in [0.1, 0.15) is 12.2 Å². The van der Waals surface area contributed by atoms with Crippen molar-refractivity contribution in [3.05, 3.63) is 23.0 Å². The lowest BCUT2D eigenvalue weighted by Gasteiger charge is -2.10. The van der Waals surface area contributed by atoms with Gasteiger partial charge in [-0.15, -0.1) is 0 Å². The average Bonchev–Trinajstić information content (AvgIpc) is 2.68. The van der Waals surface area contributed by atoms with Gasteiger partial charge in [-0.1, -0.05) is 11.6 Å². The molecule has 0 saturated carbocycles. The van der Waals surface area contributed by atoms with E-state index < -0.39 is 19.9 Å². The molecule has 0 aliphatic rings. The zero-order chi connectivity index (χ0) is 15.8. The van der Waals surface area contributed by atoms with Crippen molar-refractivity contribution in [1.29, 1.82) is 0 Å². The van der Waals surface area contributed by atoms with Crippen molar-refractivity contribution in [2.24, 2.45) is 0 Å². The number of hydrogen-bond donors (Lipinski definition) is 4. The number of carbonyl (C=O) groups is 1. The summed E-state index contributed by atoms with van der Waals surface area (Å²) in [7, 11) is -4.36. The summed E-state index contributed by atoms with van der Waals surface area (Å²) in [4.78, 5) is 33.2. The molecule has 1 aromatic heterocycles. The highest BCUT2D eigenvalue weighted by Gasteiger charge is 2.21. The largest absolute Gasteiger partial charge is 0.481 e. The standard InChI is InChI=1S/C11H13ClN3O5P/c12-6-1-2-7-11(10(6)13)14-8(3-4-9(16)17)15(7)5-21(18,19)20/h1-2H,3-5,13H2,(H,16,17)(H2,18,19,20). The number of rotatable bonds is 5. The molecule has 8 nitrogen and oxygen atoms in total. The number of aromatic nitrogens is 2. The molecule has 5 N–H and O–H groups in total. The molecule has 0 fully saturated rings. The second kappa shape index (κ2) is 5.65. The number of benzene rings is 1. The van der Waals surface area contributed by atoms with Crippen LogP contribution in [0, 0.1) is 0 Å². The molecule has 0 spiro atoms. The Morgan fingerprint density at radius 1 is 1.43 bits per heavy atom. The van der Waals surface area contributed by atoms with Crippen LogP contribution in [0.15, 0.2) is 12.1 Å². The Kier molecular flexibility index (Phi) is 4.25. The molecule has 0 bridgehead atoms. The smallest absolute Gasteiger partial charge is 0.345 e. The van der Waals surface area contributed by atoms with Crippen molar-refractivity contribution in [1.82, 2.24) is 9.55 Å². The van der Waals surface area contributed by atoms with Gasteiger partial charge in [-0.2, -0.15) is 0 Å². The summed E-state index contributed by atoms with van der Waals surface area (Å²) in [5.74, 6) is -0.791. The van der Waals surface area contributed by atoms with Crippen LogP contribution in [-0.4, -0.2) is 30.4 Å². The van der Waals surface area contributed by atoms with Gasteiger partial charge >= 0.3 is 13.6 Å². The summed E-state index contributed by atoms with van der Waals surface area (Å²) < 4.78 is 12.5. The number of aliphatic carboxylic acids is 1. The predicted octanol–water partition coefficient (Wildman–Crippen LogP) is 1.42. The van der Waals surface area contributed by atoms with E-state index >= 15 is 0 Å². The van der Waals surface area contributed by atoms with E-state index in [0.29, 0.717) is 11.0 Å². The normalized spacial score (nSPS) is 12.0. The molecule has 0 radical (unpaired) electrons. The van der Waals surface area contributed by atoms with E-state index in [1.807, 2.05) is 0 Å². The summed E-state index contributed by atoms with van der Waals surface area (Å²) in [6.45, 7) is 0.